The summed E-state index contributed by atoms with van der Waals surface area (Å²) >= 11 is 0. The lowest BCUT2D eigenvalue weighted by Crippen LogP contribution is -2.36. The summed E-state index contributed by atoms with van der Waals surface area (Å²) in [5.74, 6) is 0. The minimum absolute atomic E-state index is 0.287. The van der Waals surface area contributed by atoms with Crippen LogP contribution in [0.25, 0.3) is 0 Å². The van der Waals surface area contributed by atoms with Crippen LogP contribution in [-0.2, 0) is 9.13 Å². The molecule has 0 radical (unpaired) electrons. The van der Waals surface area contributed by atoms with E-state index >= 15 is 0 Å². The number of nitrogens with one attached hydrogen (secondary N) is 1. The zero-order valence-corrected chi connectivity index (χ0v) is 11.3. The van der Waals surface area contributed by atoms with Crippen molar-refractivity contribution in [3.8, 4) is 0 Å². The predicted molar refractivity (Wildman–Crippen MR) is 68.4 cm³/mol. The van der Waals surface area contributed by atoms with E-state index in [1.165, 1.54) is 24.3 Å². The lowest BCUT2D eigenvalue weighted by Gasteiger charge is -2.29. The Balaban J connectivity index is 2.96. The Morgan fingerprint density at radius 2 is 1.47 bits per heavy atom. The van der Waals surface area contributed by atoms with Crippen molar-refractivity contribution in [3.63, 3.8) is 0 Å². The van der Waals surface area contributed by atoms with E-state index in [1.54, 1.807) is 0 Å². The zero-order valence-electron chi connectivity index (χ0n) is 9.54. The standard InChI is InChI=1S/C8H14N2O7P2/c9-6-1-3-7(4-2-6)10-5-8(11,18(12,13)14)19(15,16)17/h1-4,10-11H,5,9H2,(H2,12,13,14)(H2,15,16,17). The fourth-order valence-corrected chi connectivity index (χ4v) is 3.12. The summed E-state index contributed by atoms with van der Waals surface area (Å²) in [5.41, 5.74) is 6.14. The van der Waals surface area contributed by atoms with Gasteiger partial charge in [0.2, 0.25) is 0 Å². The van der Waals surface area contributed by atoms with Gasteiger partial charge in [-0.2, -0.15) is 0 Å². The maximum absolute atomic E-state index is 11.1. The van der Waals surface area contributed by atoms with E-state index in [9.17, 15) is 14.2 Å². The summed E-state index contributed by atoms with van der Waals surface area (Å²) in [5, 5.41) is 8.44. The first-order valence-corrected chi connectivity index (χ1v) is 8.13. The summed E-state index contributed by atoms with van der Waals surface area (Å²) in [7, 11) is -10.9. The summed E-state index contributed by atoms with van der Waals surface area (Å²) in [6.45, 7) is -1.02. The first-order chi connectivity index (χ1) is 8.47. The molecule has 0 aliphatic rings. The van der Waals surface area contributed by atoms with Crippen molar-refractivity contribution in [2.24, 2.45) is 0 Å². The van der Waals surface area contributed by atoms with Gasteiger partial charge >= 0.3 is 15.2 Å². The van der Waals surface area contributed by atoms with Gasteiger partial charge in [0.1, 0.15) is 0 Å². The number of rotatable bonds is 5. The Kier molecular flexibility index (Phi) is 4.44. The SMILES string of the molecule is Nc1ccc(NCC(O)(P(=O)(O)O)P(=O)(O)O)cc1. The molecular weight excluding hydrogens is 298 g/mol. The molecule has 1 rings (SSSR count). The highest BCUT2D eigenvalue weighted by Crippen LogP contribution is 2.67. The summed E-state index contributed by atoms with van der Waals surface area (Å²) in [4.78, 5) is 35.6. The van der Waals surface area contributed by atoms with E-state index in [1.807, 2.05) is 0 Å². The Labute approximate surface area is 108 Å². The highest BCUT2D eigenvalue weighted by atomic mass is 31.2. The molecule has 108 valence electrons. The third-order valence-corrected chi connectivity index (χ3v) is 6.12. The van der Waals surface area contributed by atoms with E-state index in [0.717, 1.165) is 0 Å². The molecule has 0 spiro atoms. The number of hydrogen-bond donors (Lipinski definition) is 7. The average Bonchev–Trinajstić information content (AvgIpc) is 2.24. The molecule has 0 aliphatic carbocycles. The van der Waals surface area contributed by atoms with Crippen molar-refractivity contribution in [2.45, 2.75) is 5.08 Å². The first kappa shape index (κ1) is 16.1. The van der Waals surface area contributed by atoms with Gasteiger partial charge in [0.25, 0.3) is 5.08 Å². The first-order valence-electron chi connectivity index (χ1n) is 4.90. The van der Waals surface area contributed by atoms with Crippen LogP contribution in [0.15, 0.2) is 24.3 Å². The smallest absolute Gasteiger partial charge is 0.371 e. The molecule has 9 nitrogen and oxygen atoms in total. The maximum Gasteiger partial charge on any atom is 0.371 e. The molecule has 11 heteroatoms. The third-order valence-electron chi connectivity index (χ3n) is 2.37. The third kappa shape index (κ3) is 3.55. The maximum atomic E-state index is 11.1. The van der Waals surface area contributed by atoms with Crippen LogP contribution in [0, 0.1) is 0 Å². The van der Waals surface area contributed by atoms with E-state index in [-0.39, 0.29) is 5.69 Å². The topological polar surface area (TPSA) is 173 Å². The molecule has 8 N–H and O–H groups in total. The van der Waals surface area contributed by atoms with Gasteiger partial charge in [-0.3, -0.25) is 9.13 Å². The minimum atomic E-state index is -5.45. The summed E-state index contributed by atoms with van der Waals surface area (Å²) in [6.07, 6.45) is 0. The number of nitrogens with two attached hydrogens (primary N) is 1. The monoisotopic (exact) mass is 312 g/mol. The molecule has 1 aromatic rings. The molecule has 0 aromatic heterocycles. The van der Waals surface area contributed by atoms with Gasteiger partial charge in [-0.15, -0.1) is 0 Å². The molecular formula is C8H14N2O7P2. The van der Waals surface area contributed by atoms with Gasteiger partial charge in [0.15, 0.2) is 0 Å². The highest BCUT2D eigenvalue weighted by molar-refractivity contribution is 7.72. The van der Waals surface area contributed by atoms with Crippen molar-refractivity contribution in [2.75, 3.05) is 17.6 Å². The van der Waals surface area contributed by atoms with Crippen LogP contribution in [0.2, 0.25) is 0 Å². The van der Waals surface area contributed by atoms with Crippen LogP contribution in [-0.4, -0.2) is 36.3 Å². The van der Waals surface area contributed by atoms with E-state index in [2.05, 4.69) is 5.32 Å². The molecule has 0 saturated carbocycles. The van der Waals surface area contributed by atoms with Gasteiger partial charge in [-0.1, -0.05) is 0 Å². The number of benzene rings is 1. The number of hydrogen-bond acceptors (Lipinski definition) is 5. The van der Waals surface area contributed by atoms with Crippen molar-refractivity contribution >= 4 is 26.6 Å². The van der Waals surface area contributed by atoms with Crippen molar-refractivity contribution in [1.29, 1.82) is 0 Å². The van der Waals surface area contributed by atoms with E-state index in [4.69, 9.17) is 25.3 Å². The quantitative estimate of drug-likeness (QED) is 0.284. The van der Waals surface area contributed by atoms with Gasteiger partial charge in [0.05, 0.1) is 6.54 Å². The number of anilines is 2. The Morgan fingerprint density at radius 3 is 1.84 bits per heavy atom. The van der Waals surface area contributed by atoms with Crippen LogP contribution in [0.1, 0.15) is 0 Å². The lowest BCUT2D eigenvalue weighted by atomic mass is 10.3. The van der Waals surface area contributed by atoms with Gasteiger partial charge < -0.3 is 35.7 Å². The minimum Gasteiger partial charge on any atom is -0.399 e. The normalized spacial score (nSPS) is 13.3. The fraction of sp³-hybridized carbons (Fsp3) is 0.250. The Morgan fingerprint density at radius 1 is 1.05 bits per heavy atom. The molecule has 0 fully saturated rings. The van der Waals surface area contributed by atoms with Crippen LogP contribution < -0.4 is 11.1 Å². The van der Waals surface area contributed by atoms with Crippen LogP contribution in [0.4, 0.5) is 11.4 Å². The van der Waals surface area contributed by atoms with E-state index < -0.39 is 26.8 Å². The van der Waals surface area contributed by atoms with Crippen molar-refractivity contribution in [1.82, 2.24) is 0 Å². The average molecular weight is 312 g/mol. The zero-order chi connectivity index (χ0) is 14.9. The molecule has 0 atom stereocenters. The largest absolute Gasteiger partial charge is 0.399 e. The van der Waals surface area contributed by atoms with Gasteiger partial charge in [-0.05, 0) is 24.3 Å². The van der Waals surface area contributed by atoms with Crippen molar-refractivity contribution in [3.05, 3.63) is 24.3 Å². The van der Waals surface area contributed by atoms with Crippen LogP contribution >= 0.6 is 15.2 Å². The van der Waals surface area contributed by atoms with Gasteiger partial charge in [-0.25, -0.2) is 0 Å². The van der Waals surface area contributed by atoms with E-state index in [0.29, 0.717) is 5.69 Å². The molecule has 0 amide bonds. The Hall–Kier alpha value is -0.920. The predicted octanol–water partition coefficient (Wildman–Crippen LogP) is -0.318. The Bertz CT molecular complexity index is 513. The second-order valence-corrected chi connectivity index (χ2v) is 7.85. The molecule has 0 heterocycles. The second kappa shape index (κ2) is 5.22. The summed E-state index contributed by atoms with van der Waals surface area (Å²) < 4.78 is 22.1. The van der Waals surface area contributed by atoms with Crippen molar-refractivity contribution < 1.29 is 33.8 Å². The number of aliphatic hydroxyl groups is 1. The molecule has 19 heavy (non-hydrogen) atoms. The lowest BCUT2D eigenvalue weighted by molar-refractivity contribution is 0.141. The number of nitrogen functional groups attached to an aromatic ring is 1. The summed E-state index contributed by atoms with van der Waals surface area (Å²) in [6, 6.07) is 5.79. The molecule has 0 saturated heterocycles. The molecule has 0 unspecified atom stereocenters. The second-order valence-electron chi connectivity index (χ2n) is 3.84. The van der Waals surface area contributed by atoms with Crippen LogP contribution in [0.5, 0.6) is 0 Å². The van der Waals surface area contributed by atoms with Gasteiger partial charge in [0, 0.05) is 11.4 Å². The highest BCUT2D eigenvalue weighted by Gasteiger charge is 2.59. The van der Waals surface area contributed by atoms with Crippen LogP contribution in [0.3, 0.4) is 0 Å². The molecule has 0 bridgehead atoms. The molecule has 0 aliphatic heterocycles. The fourth-order valence-electron chi connectivity index (χ4n) is 1.20. The molecule has 1 aromatic carbocycles.